The van der Waals surface area contributed by atoms with Crippen LogP contribution >= 0.6 is 22.7 Å². The average molecular weight is 687 g/mol. The van der Waals surface area contributed by atoms with E-state index >= 15 is 0 Å². The maximum atomic E-state index is 2.46. The first kappa shape index (κ1) is 29.5. The van der Waals surface area contributed by atoms with Gasteiger partial charge < -0.3 is 0 Å². The third kappa shape index (κ3) is 4.12. The molecule has 0 N–H and O–H groups in total. The topological polar surface area (TPSA) is 0 Å². The summed E-state index contributed by atoms with van der Waals surface area (Å²) in [5, 5.41) is 4.08. The Kier molecular flexibility index (Phi) is 6.56. The zero-order chi connectivity index (χ0) is 33.5. The summed E-state index contributed by atoms with van der Waals surface area (Å²) in [5.74, 6) is 0. The van der Waals surface area contributed by atoms with Gasteiger partial charge in [0.1, 0.15) is 0 Å². The highest BCUT2D eigenvalue weighted by Crippen LogP contribution is 2.61. The lowest BCUT2D eigenvalue weighted by Gasteiger charge is -2.40. The third-order valence-electron chi connectivity index (χ3n) is 11.5. The van der Waals surface area contributed by atoms with Gasteiger partial charge in [0.05, 0.1) is 5.41 Å². The summed E-state index contributed by atoms with van der Waals surface area (Å²) in [6, 6.07) is 50.7. The monoisotopic (exact) mass is 686 g/mol. The molecule has 51 heavy (non-hydrogen) atoms. The first-order valence-corrected chi connectivity index (χ1v) is 19.8. The molecule has 3 aliphatic carbocycles. The van der Waals surface area contributed by atoms with Gasteiger partial charge in [0.15, 0.2) is 0 Å². The molecule has 0 fully saturated rings. The molecular formula is C49H34S2. The van der Waals surface area contributed by atoms with Crippen molar-refractivity contribution in [3.8, 4) is 22.3 Å². The van der Waals surface area contributed by atoms with Gasteiger partial charge in [0, 0.05) is 35.1 Å². The molecule has 0 nitrogen and oxygen atoms in total. The van der Waals surface area contributed by atoms with Crippen molar-refractivity contribution in [2.24, 2.45) is 0 Å². The molecule has 0 saturated heterocycles. The van der Waals surface area contributed by atoms with Crippen LogP contribution in [0.25, 0.3) is 64.2 Å². The molecule has 0 bridgehead atoms. The van der Waals surface area contributed by atoms with Crippen LogP contribution in [-0.4, -0.2) is 0 Å². The Morgan fingerprint density at radius 1 is 0.431 bits per heavy atom. The summed E-state index contributed by atoms with van der Waals surface area (Å²) >= 11 is 3.94. The maximum Gasteiger partial charge on any atom is 0.0688 e. The highest BCUT2D eigenvalue weighted by molar-refractivity contribution is 7.26. The zero-order valence-corrected chi connectivity index (χ0v) is 29.8. The maximum absolute atomic E-state index is 2.46. The molecule has 0 aliphatic heterocycles. The molecule has 0 unspecified atom stereocenters. The Balaban J connectivity index is 1.28. The van der Waals surface area contributed by atoms with Crippen LogP contribution in [-0.2, 0) is 11.8 Å². The molecule has 0 radical (unpaired) electrons. The van der Waals surface area contributed by atoms with Gasteiger partial charge in [-0.1, -0.05) is 152 Å². The highest BCUT2D eigenvalue weighted by Gasteiger charge is 2.49. The number of benzene rings is 6. The van der Waals surface area contributed by atoms with Gasteiger partial charge in [-0.05, 0) is 93.0 Å². The zero-order valence-electron chi connectivity index (χ0n) is 28.2. The van der Waals surface area contributed by atoms with Crippen molar-refractivity contribution in [3.63, 3.8) is 0 Å². The first-order chi connectivity index (χ1) is 25.3. The van der Waals surface area contributed by atoms with E-state index in [1.165, 1.54) is 96.4 Å². The number of thiophene rings is 2. The number of aryl methyl sites for hydroxylation is 1. The SMILES string of the molecule is C1=CC(c2cccc3c4c(sc23)CCC=C4)=C(C2(c3ccccc3-c3cccc4c3sc3ccccc34)c3ccccc3-c3ccccc32)CC1. The fraction of sp³-hybridized carbons (Fsp3) is 0.102. The lowest BCUT2D eigenvalue weighted by Crippen LogP contribution is -2.32. The Bertz CT molecular complexity index is 2770. The van der Waals surface area contributed by atoms with Crippen molar-refractivity contribution in [1.82, 2.24) is 0 Å². The lowest BCUT2D eigenvalue weighted by atomic mass is 9.62. The van der Waals surface area contributed by atoms with Crippen molar-refractivity contribution in [3.05, 3.63) is 190 Å². The van der Waals surface area contributed by atoms with E-state index < -0.39 is 5.41 Å². The van der Waals surface area contributed by atoms with Crippen molar-refractivity contribution >= 4 is 64.6 Å². The minimum absolute atomic E-state index is 0.471. The van der Waals surface area contributed by atoms with E-state index in [0.717, 1.165) is 25.7 Å². The number of fused-ring (bicyclic) bond motifs is 9. The number of allylic oxidation sites excluding steroid dienone is 5. The average Bonchev–Trinajstić information content (AvgIpc) is 3.87. The Labute approximate surface area is 306 Å². The highest BCUT2D eigenvalue weighted by atomic mass is 32.1. The minimum atomic E-state index is -0.471. The fourth-order valence-corrected chi connectivity index (χ4v) is 12.1. The van der Waals surface area contributed by atoms with Gasteiger partial charge in [-0.2, -0.15) is 0 Å². The Hall–Kier alpha value is -5.28. The molecule has 0 amide bonds. The minimum Gasteiger partial charge on any atom is -0.139 e. The second-order valence-electron chi connectivity index (χ2n) is 14.1. The van der Waals surface area contributed by atoms with Gasteiger partial charge >= 0.3 is 0 Å². The largest absolute Gasteiger partial charge is 0.139 e. The Morgan fingerprint density at radius 2 is 0.980 bits per heavy atom. The van der Waals surface area contributed by atoms with Gasteiger partial charge in [0.25, 0.3) is 0 Å². The second kappa shape index (κ2) is 11.4. The van der Waals surface area contributed by atoms with E-state index in [1.54, 1.807) is 0 Å². The summed E-state index contributed by atoms with van der Waals surface area (Å²) in [5.41, 5.74) is 14.7. The van der Waals surface area contributed by atoms with E-state index in [4.69, 9.17) is 0 Å². The standard InChI is InChI=1S/C49H34S2/c1-7-25-41-31(15-1)32-16-2-8-26-42(32)49(41,43-27-9-3-17-33(43)37-21-13-23-39-35-19-5-11-29-45(35)50-47(37)39)44-28-10-4-18-34(44)38-22-14-24-40-36-20-6-12-30-46(36)51-48(38)40/h1-9,11,13-27,29H,10,12,28,30H2. The van der Waals surface area contributed by atoms with Crippen molar-refractivity contribution < 1.29 is 0 Å². The van der Waals surface area contributed by atoms with Crippen LogP contribution in [0.2, 0.25) is 0 Å². The molecule has 242 valence electrons. The lowest BCUT2D eigenvalue weighted by molar-refractivity contribution is 0.699. The predicted octanol–water partition coefficient (Wildman–Crippen LogP) is 14.0. The van der Waals surface area contributed by atoms with Crippen LogP contribution in [0.15, 0.2) is 157 Å². The van der Waals surface area contributed by atoms with Crippen molar-refractivity contribution in [2.45, 2.75) is 31.1 Å². The van der Waals surface area contributed by atoms with Crippen molar-refractivity contribution in [2.75, 3.05) is 0 Å². The molecule has 3 aliphatic rings. The van der Waals surface area contributed by atoms with E-state index in [2.05, 4.69) is 158 Å². The smallest absolute Gasteiger partial charge is 0.0688 e. The summed E-state index contributed by atoms with van der Waals surface area (Å²) in [4.78, 5) is 1.52. The van der Waals surface area contributed by atoms with E-state index in [0.29, 0.717) is 0 Å². The molecule has 11 rings (SSSR count). The van der Waals surface area contributed by atoms with Gasteiger partial charge in [-0.3, -0.25) is 0 Å². The van der Waals surface area contributed by atoms with Crippen LogP contribution in [0.1, 0.15) is 52.0 Å². The molecule has 6 aromatic carbocycles. The number of rotatable bonds is 4. The quantitative estimate of drug-likeness (QED) is 0.173. The van der Waals surface area contributed by atoms with Gasteiger partial charge in [-0.25, -0.2) is 0 Å². The first-order valence-electron chi connectivity index (χ1n) is 18.1. The fourth-order valence-electron chi connectivity index (χ4n) is 9.51. The predicted molar refractivity (Wildman–Crippen MR) is 221 cm³/mol. The molecule has 8 aromatic rings. The van der Waals surface area contributed by atoms with E-state index in [1.807, 2.05) is 22.7 Å². The number of hydrogen-bond donors (Lipinski definition) is 0. The second-order valence-corrected chi connectivity index (χ2v) is 16.2. The summed E-state index contributed by atoms with van der Waals surface area (Å²) in [6.07, 6.45) is 13.9. The Morgan fingerprint density at radius 3 is 1.75 bits per heavy atom. The summed E-state index contributed by atoms with van der Waals surface area (Å²) in [7, 11) is 0. The van der Waals surface area contributed by atoms with Gasteiger partial charge in [-0.15, -0.1) is 22.7 Å². The van der Waals surface area contributed by atoms with Crippen LogP contribution in [0.4, 0.5) is 0 Å². The van der Waals surface area contributed by atoms with Crippen LogP contribution in [0.3, 0.4) is 0 Å². The normalized spacial score (nSPS) is 15.8. The van der Waals surface area contributed by atoms with E-state index in [9.17, 15) is 0 Å². The van der Waals surface area contributed by atoms with Crippen LogP contribution in [0.5, 0.6) is 0 Å². The molecular weight excluding hydrogens is 653 g/mol. The van der Waals surface area contributed by atoms with E-state index in [-0.39, 0.29) is 0 Å². The van der Waals surface area contributed by atoms with Crippen molar-refractivity contribution in [1.29, 1.82) is 0 Å². The van der Waals surface area contributed by atoms with Gasteiger partial charge in [0.2, 0.25) is 0 Å². The van der Waals surface area contributed by atoms with Crippen LogP contribution in [0, 0.1) is 0 Å². The summed E-state index contributed by atoms with van der Waals surface area (Å²) < 4.78 is 4.12. The molecule has 0 saturated carbocycles. The number of hydrogen-bond acceptors (Lipinski definition) is 2. The van der Waals surface area contributed by atoms with Crippen LogP contribution < -0.4 is 0 Å². The molecule has 2 heterocycles. The third-order valence-corrected chi connectivity index (χ3v) is 14.1. The summed E-state index contributed by atoms with van der Waals surface area (Å²) in [6.45, 7) is 0. The molecule has 2 heteroatoms. The molecule has 0 spiro atoms. The molecule has 0 atom stereocenters. The molecule has 2 aromatic heterocycles.